The molecule has 1 aromatic rings. The maximum Gasteiger partial charge on any atom is 0.130 e. The van der Waals surface area contributed by atoms with Crippen molar-refractivity contribution >= 4 is 15.9 Å². The minimum Gasteiger partial charge on any atom is -0.366 e. The van der Waals surface area contributed by atoms with Crippen molar-refractivity contribution in [2.24, 2.45) is 5.73 Å². The van der Waals surface area contributed by atoms with Crippen LogP contribution in [-0.2, 0) is 10.3 Å². The lowest BCUT2D eigenvalue weighted by atomic mass is 9.95. The molecule has 2 N–H and O–H groups in total. The van der Waals surface area contributed by atoms with Gasteiger partial charge in [0.05, 0.1) is 6.10 Å². The van der Waals surface area contributed by atoms with Crippen molar-refractivity contribution in [1.29, 1.82) is 0 Å². The zero-order chi connectivity index (χ0) is 12.3. The lowest BCUT2D eigenvalue weighted by Crippen LogP contribution is -2.37. The van der Waals surface area contributed by atoms with Crippen LogP contribution in [0.15, 0.2) is 22.7 Å². The topological polar surface area (TPSA) is 35.2 Å². The maximum atomic E-state index is 13.8. The lowest BCUT2D eigenvalue weighted by molar-refractivity contribution is -0.0684. The summed E-state index contributed by atoms with van der Waals surface area (Å²) in [6.45, 7) is 5.86. The second-order valence-corrected chi connectivity index (χ2v) is 5.14. The highest BCUT2D eigenvalue weighted by molar-refractivity contribution is 9.10. The smallest absolute Gasteiger partial charge is 0.130 e. The van der Waals surface area contributed by atoms with Crippen LogP contribution >= 0.6 is 15.9 Å². The Kier molecular flexibility index (Phi) is 4.47. The van der Waals surface area contributed by atoms with E-state index in [1.807, 2.05) is 13.8 Å². The van der Waals surface area contributed by atoms with Gasteiger partial charge < -0.3 is 10.5 Å². The summed E-state index contributed by atoms with van der Waals surface area (Å²) in [5.41, 5.74) is 5.40. The van der Waals surface area contributed by atoms with Crippen LogP contribution in [0, 0.1) is 5.82 Å². The zero-order valence-corrected chi connectivity index (χ0v) is 11.3. The van der Waals surface area contributed by atoms with Crippen LogP contribution in [-0.4, -0.2) is 12.6 Å². The van der Waals surface area contributed by atoms with Gasteiger partial charge in [-0.2, -0.15) is 0 Å². The fraction of sp³-hybridized carbons (Fsp3) is 0.500. The second-order valence-electron chi connectivity index (χ2n) is 4.23. The van der Waals surface area contributed by atoms with Gasteiger partial charge in [-0.1, -0.05) is 22.0 Å². The highest BCUT2D eigenvalue weighted by Gasteiger charge is 2.30. The summed E-state index contributed by atoms with van der Waals surface area (Å²) >= 11 is 3.22. The number of hydrogen-bond acceptors (Lipinski definition) is 2. The van der Waals surface area contributed by atoms with Crippen molar-refractivity contribution in [2.75, 3.05) is 6.54 Å². The minimum absolute atomic E-state index is 0.00315. The first-order chi connectivity index (χ1) is 7.39. The molecule has 0 aliphatic rings. The first-order valence-corrected chi connectivity index (χ1v) is 6.02. The minimum atomic E-state index is -0.779. The fourth-order valence-electron chi connectivity index (χ4n) is 1.66. The van der Waals surface area contributed by atoms with Crippen molar-refractivity contribution in [2.45, 2.75) is 32.5 Å². The number of halogens is 2. The monoisotopic (exact) mass is 289 g/mol. The highest BCUT2D eigenvalue weighted by atomic mass is 79.9. The predicted octanol–water partition coefficient (Wildman–Crippen LogP) is 3.19. The molecule has 0 saturated carbocycles. The molecule has 0 heterocycles. The molecule has 0 saturated heterocycles. The Morgan fingerprint density at radius 1 is 1.50 bits per heavy atom. The molecule has 0 aliphatic carbocycles. The van der Waals surface area contributed by atoms with Crippen LogP contribution in [0.5, 0.6) is 0 Å². The van der Waals surface area contributed by atoms with Crippen LogP contribution < -0.4 is 5.73 Å². The Labute approximate surface area is 104 Å². The van der Waals surface area contributed by atoms with Crippen LogP contribution in [0.2, 0.25) is 0 Å². The quantitative estimate of drug-likeness (QED) is 0.924. The van der Waals surface area contributed by atoms with Gasteiger partial charge in [0, 0.05) is 16.6 Å². The average Bonchev–Trinajstić information content (AvgIpc) is 2.16. The highest BCUT2D eigenvalue weighted by Crippen LogP contribution is 2.29. The summed E-state index contributed by atoms with van der Waals surface area (Å²) in [5.74, 6) is -0.303. The predicted molar refractivity (Wildman–Crippen MR) is 66.7 cm³/mol. The van der Waals surface area contributed by atoms with Crippen molar-refractivity contribution < 1.29 is 9.13 Å². The van der Waals surface area contributed by atoms with Gasteiger partial charge in [-0.05, 0) is 32.9 Å². The van der Waals surface area contributed by atoms with Gasteiger partial charge in [0.1, 0.15) is 11.4 Å². The zero-order valence-electron chi connectivity index (χ0n) is 9.76. The summed E-state index contributed by atoms with van der Waals surface area (Å²) in [7, 11) is 0. The number of rotatable bonds is 4. The third kappa shape index (κ3) is 3.03. The largest absolute Gasteiger partial charge is 0.366 e. The molecule has 1 atom stereocenters. The van der Waals surface area contributed by atoms with Gasteiger partial charge in [0.25, 0.3) is 0 Å². The summed E-state index contributed by atoms with van der Waals surface area (Å²) in [6, 6.07) is 4.91. The number of hydrogen-bond donors (Lipinski definition) is 1. The van der Waals surface area contributed by atoms with Crippen LogP contribution in [0.3, 0.4) is 0 Å². The first kappa shape index (κ1) is 13.6. The molecule has 90 valence electrons. The van der Waals surface area contributed by atoms with Crippen molar-refractivity contribution in [3.63, 3.8) is 0 Å². The number of nitrogens with two attached hydrogens (primary N) is 1. The van der Waals surface area contributed by atoms with E-state index in [1.54, 1.807) is 19.1 Å². The van der Waals surface area contributed by atoms with E-state index in [0.29, 0.717) is 10.0 Å². The molecule has 0 fully saturated rings. The Bertz CT molecular complexity index is 370. The number of benzene rings is 1. The van der Waals surface area contributed by atoms with E-state index >= 15 is 0 Å². The van der Waals surface area contributed by atoms with Crippen molar-refractivity contribution in [3.05, 3.63) is 34.1 Å². The Morgan fingerprint density at radius 2 is 2.12 bits per heavy atom. The van der Waals surface area contributed by atoms with Gasteiger partial charge in [0.2, 0.25) is 0 Å². The van der Waals surface area contributed by atoms with E-state index in [9.17, 15) is 4.39 Å². The van der Waals surface area contributed by atoms with E-state index < -0.39 is 5.60 Å². The molecule has 4 heteroatoms. The summed E-state index contributed by atoms with van der Waals surface area (Å²) in [4.78, 5) is 0. The van der Waals surface area contributed by atoms with Gasteiger partial charge >= 0.3 is 0 Å². The van der Waals surface area contributed by atoms with Crippen molar-refractivity contribution in [3.8, 4) is 0 Å². The molecular formula is C12H17BrFNO. The van der Waals surface area contributed by atoms with E-state index in [4.69, 9.17) is 10.5 Å². The van der Waals surface area contributed by atoms with Gasteiger partial charge in [0.15, 0.2) is 0 Å². The molecular weight excluding hydrogens is 273 g/mol. The van der Waals surface area contributed by atoms with E-state index in [1.165, 1.54) is 6.07 Å². The van der Waals surface area contributed by atoms with Gasteiger partial charge in [-0.3, -0.25) is 0 Å². The molecule has 0 radical (unpaired) electrons. The Hall–Kier alpha value is -0.450. The second kappa shape index (κ2) is 5.25. The Balaban J connectivity index is 3.12. The molecule has 0 spiro atoms. The molecule has 0 aliphatic heterocycles. The molecule has 1 unspecified atom stereocenters. The normalized spacial score (nSPS) is 15.2. The molecule has 1 rings (SSSR count). The van der Waals surface area contributed by atoms with Crippen LogP contribution in [0.25, 0.3) is 0 Å². The third-order valence-electron chi connectivity index (χ3n) is 2.39. The van der Waals surface area contributed by atoms with E-state index in [2.05, 4.69) is 15.9 Å². The molecule has 0 amide bonds. The molecule has 0 aromatic heterocycles. The standard InChI is InChI=1S/C12H17BrFNO/c1-8(2)16-12(3,7-15)10-5-4-9(13)6-11(10)14/h4-6,8H,7,15H2,1-3H3. The molecule has 16 heavy (non-hydrogen) atoms. The van der Waals surface area contributed by atoms with E-state index in [0.717, 1.165) is 0 Å². The average molecular weight is 290 g/mol. The van der Waals surface area contributed by atoms with Crippen LogP contribution in [0.4, 0.5) is 4.39 Å². The number of ether oxygens (including phenoxy) is 1. The third-order valence-corrected chi connectivity index (χ3v) is 2.88. The SMILES string of the molecule is CC(C)OC(C)(CN)c1ccc(Br)cc1F. The molecule has 2 nitrogen and oxygen atoms in total. The fourth-order valence-corrected chi connectivity index (χ4v) is 1.99. The molecule has 0 bridgehead atoms. The molecule has 1 aromatic carbocycles. The van der Waals surface area contributed by atoms with Crippen LogP contribution in [0.1, 0.15) is 26.3 Å². The lowest BCUT2D eigenvalue weighted by Gasteiger charge is -2.31. The summed E-state index contributed by atoms with van der Waals surface area (Å²) < 4.78 is 20.2. The van der Waals surface area contributed by atoms with Gasteiger partial charge in [-0.15, -0.1) is 0 Å². The summed E-state index contributed by atoms with van der Waals surface area (Å²) in [5, 5.41) is 0. The summed E-state index contributed by atoms with van der Waals surface area (Å²) in [6.07, 6.45) is -0.00315. The first-order valence-electron chi connectivity index (χ1n) is 5.22. The van der Waals surface area contributed by atoms with Gasteiger partial charge in [-0.25, -0.2) is 4.39 Å². The van der Waals surface area contributed by atoms with E-state index in [-0.39, 0.29) is 18.5 Å². The van der Waals surface area contributed by atoms with Crippen molar-refractivity contribution in [1.82, 2.24) is 0 Å². The maximum absolute atomic E-state index is 13.8. The Morgan fingerprint density at radius 3 is 2.56 bits per heavy atom.